The number of esters is 1. The molecule has 0 bridgehead atoms. The lowest BCUT2D eigenvalue weighted by atomic mass is 10.1. The predicted molar refractivity (Wildman–Crippen MR) is 90.0 cm³/mol. The van der Waals surface area contributed by atoms with Crippen LogP contribution in [0.15, 0.2) is 30.5 Å². The fraction of sp³-hybridized carbons (Fsp3) is 0.200. The molecule has 0 saturated carbocycles. The number of ether oxygens (including phenoxy) is 1. The summed E-state index contributed by atoms with van der Waals surface area (Å²) < 4.78 is 9.51. The fourth-order valence-corrected chi connectivity index (χ4v) is 3.43. The van der Waals surface area contributed by atoms with Crippen LogP contribution in [0.2, 0.25) is 0 Å². The highest BCUT2D eigenvalue weighted by atomic mass is 32.1. The van der Waals surface area contributed by atoms with Gasteiger partial charge in [-0.1, -0.05) is 17.4 Å². The normalized spacial score (nSPS) is 10.7. The smallest absolute Gasteiger partial charge is 0.305 e. The minimum absolute atomic E-state index is 0.211. The molecule has 0 fully saturated rings. The van der Waals surface area contributed by atoms with Crippen molar-refractivity contribution >= 4 is 50.1 Å². The molecule has 0 aliphatic carbocycles. The Kier molecular flexibility index (Phi) is 4.63. The Balaban J connectivity index is 1.74. The maximum atomic E-state index is 12.0. The van der Waals surface area contributed by atoms with Gasteiger partial charge in [0.25, 0.3) is 5.91 Å². The van der Waals surface area contributed by atoms with Crippen LogP contribution in [-0.4, -0.2) is 28.3 Å². The summed E-state index contributed by atoms with van der Waals surface area (Å²) in [4.78, 5) is 28.1. The summed E-state index contributed by atoms with van der Waals surface area (Å²) in [7, 11) is 1.38. The van der Waals surface area contributed by atoms with Gasteiger partial charge in [0, 0.05) is 12.6 Å². The molecule has 0 spiro atoms. The van der Waals surface area contributed by atoms with E-state index in [4.69, 9.17) is 0 Å². The van der Waals surface area contributed by atoms with E-state index < -0.39 is 0 Å². The second-order valence-corrected chi connectivity index (χ2v) is 6.59. The minimum Gasteiger partial charge on any atom is -0.469 e. The molecule has 23 heavy (non-hydrogen) atoms. The molecule has 2 heterocycles. The van der Waals surface area contributed by atoms with Gasteiger partial charge in [-0.15, -0.1) is 0 Å². The molecule has 118 valence electrons. The van der Waals surface area contributed by atoms with Crippen molar-refractivity contribution in [1.29, 1.82) is 0 Å². The average Bonchev–Trinajstić information content (AvgIpc) is 3.20. The molecule has 0 unspecified atom stereocenters. The molecule has 1 N–H and O–H groups in total. The number of fused-ring (bicyclic) bond motifs is 1. The Morgan fingerprint density at radius 2 is 2.17 bits per heavy atom. The first-order valence-electron chi connectivity index (χ1n) is 6.84. The van der Waals surface area contributed by atoms with Crippen LogP contribution in [0.5, 0.6) is 0 Å². The van der Waals surface area contributed by atoms with Gasteiger partial charge in [-0.05, 0) is 41.7 Å². The number of nitrogens with zero attached hydrogens (tertiary/aromatic N) is 2. The number of carbonyl (C=O) groups is 2. The second kappa shape index (κ2) is 6.84. The van der Waals surface area contributed by atoms with Crippen molar-refractivity contribution < 1.29 is 14.3 Å². The molecule has 8 heteroatoms. The van der Waals surface area contributed by atoms with Crippen molar-refractivity contribution in [2.75, 3.05) is 12.4 Å². The van der Waals surface area contributed by atoms with Crippen LogP contribution in [0.25, 0.3) is 10.2 Å². The number of benzene rings is 1. The highest BCUT2D eigenvalue weighted by molar-refractivity contribution is 7.22. The summed E-state index contributed by atoms with van der Waals surface area (Å²) in [6.45, 7) is 0. The number of methoxy groups -OCH3 is 1. The summed E-state index contributed by atoms with van der Waals surface area (Å²) >= 11 is 2.54. The highest BCUT2D eigenvalue weighted by Crippen LogP contribution is 2.27. The van der Waals surface area contributed by atoms with Gasteiger partial charge in [0.2, 0.25) is 0 Å². The van der Waals surface area contributed by atoms with Gasteiger partial charge >= 0.3 is 5.97 Å². The summed E-state index contributed by atoms with van der Waals surface area (Å²) in [5, 5.41) is 3.32. The van der Waals surface area contributed by atoms with Crippen molar-refractivity contribution in [2.24, 2.45) is 0 Å². The SMILES string of the molecule is COC(=O)CCc1ccc2nc(NC(=O)c3ccns3)sc2c1. The third-order valence-corrected chi connectivity index (χ3v) is 4.86. The fourth-order valence-electron chi connectivity index (χ4n) is 2.02. The van der Waals surface area contributed by atoms with Gasteiger partial charge in [0.15, 0.2) is 5.13 Å². The summed E-state index contributed by atoms with van der Waals surface area (Å²) in [6, 6.07) is 7.47. The van der Waals surface area contributed by atoms with Crippen LogP contribution < -0.4 is 5.32 Å². The third-order valence-electron chi connectivity index (χ3n) is 3.18. The quantitative estimate of drug-likeness (QED) is 0.717. The van der Waals surface area contributed by atoms with E-state index in [-0.39, 0.29) is 11.9 Å². The number of aromatic nitrogens is 2. The lowest BCUT2D eigenvalue weighted by molar-refractivity contribution is -0.140. The van der Waals surface area contributed by atoms with Crippen molar-refractivity contribution in [3.63, 3.8) is 0 Å². The van der Waals surface area contributed by atoms with Gasteiger partial charge < -0.3 is 4.74 Å². The number of hydrogen-bond donors (Lipinski definition) is 1. The lowest BCUT2D eigenvalue weighted by Crippen LogP contribution is -2.09. The van der Waals surface area contributed by atoms with Crippen LogP contribution in [0.3, 0.4) is 0 Å². The number of thiazole rings is 1. The molecule has 2 aromatic heterocycles. The zero-order chi connectivity index (χ0) is 16.2. The van der Waals surface area contributed by atoms with Gasteiger partial charge in [-0.3, -0.25) is 14.9 Å². The summed E-state index contributed by atoms with van der Waals surface area (Å²) in [5.74, 6) is -0.440. The molecular weight excluding hydrogens is 334 g/mol. The van der Waals surface area contributed by atoms with E-state index in [0.29, 0.717) is 22.9 Å². The molecule has 0 aliphatic heterocycles. The first-order valence-corrected chi connectivity index (χ1v) is 8.43. The predicted octanol–water partition coefficient (Wildman–Crippen LogP) is 3.11. The maximum Gasteiger partial charge on any atom is 0.305 e. The number of nitrogens with one attached hydrogen (secondary N) is 1. The van der Waals surface area contributed by atoms with Gasteiger partial charge in [0.05, 0.1) is 17.3 Å². The molecule has 0 atom stereocenters. The summed E-state index contributed by atoms with van der Waals surface area (Å²) in [6.07, 6.45) is 2.55. The zero-order valence-electron chi connectivity index (χ0n) is 12.2. The molecule has 0 radical (unpaired) electrons. The molecule has 3 rings (SSSR count). The number of aryl methyl sites for hydroxylation is 1. The van der Waals surface area contributed by atoms with E-state index >= 15 is 0 Å². The van der Waals surface area contributed by atoms with E-state index in [1.54, 1.807) is 12.3 Å². The third kappa shape index (κ3) is 3.72. The second-order valence-electron chi connectivity index (χ2n) is 4.73. The highest BCUT2D eigenvalue weighted by Gasteiger charge is 2.11. The first kappa shape index (κ1) is 15.6. The molecule has 1 aromatic carbocycles. The average molecular weight is 347 g/mol. The van der Waals surface area contributed by atoms with Crippen molar-refractivity contribution in [1.82, 2.24) is 9.36 Å². The van der Waals surface area contributed by atoms with Crippen molar-refractivity contribution in [2.45, 2.75) is 12.8 Å². The molecular formula is C15H13N3O3S2. The first-order chi connectivity index (χ1) is 11.2. The molecule has 0 saturated heterocycles. The molecule has 3 aromatic rings. The van der Waals surface area contributed by atoms with Crippen LogP contribution >= 0.6 is 22.9 Å². The topological polar surface area (TPSA) is 81.2 Å². The van der Waals surface area contributed by atoms with Crippen LogP contribution in [0.1, 0.15) is 21.7 Å². The Morgan fingerprint density at radius 1 is 1.30 bits per heavy atom. The Hall–Kier alpha value is -2.32. The van der Waals surface area contributed by atoms with Crippen LogP contribution in [0, 0.1) is 0 Å². The monoisotopic (exact) mass is 347 g/mol. The lowest BCUT2D eigenvalue weighted by Gasteiger charge is -2.00. The Labute approximate surface area is 140 Å². The maximum absolute atomic E-state index is 12.0. The van der Waals surface area contributed by atoms with E-state index in [0.717, 1.165) is 27.3 Å². The number of amides is 1. The van der Waals surface area contributed by atoms with Gasteiger partial charge in [-0.25, -0.2) is 9.36 Å². The Bertz CT molecular complexity index is 843. The summed E-state index contributed by atoms with van der Waals surface area (Å²) in [5.41, 5.74) is 1.85. The van der Waals surface area contributed by atoms with E-state index in [1.165, 1.54) is 18.4 Å². The number of carbonyl (C=O) groups excluding carboxylic acids is 2. The van der Waals surface area contributed by atoms with Crippen molar-refractivity contribution in [3.8, 4) is 0 Å². The van der Waals surface area contributed by atoms with Crippen LogP contribution in [0.4, 0.5) is 5.13 Å². The van der Waals surface area contributed by atoms with E-state index in [9.17, 15) is 9.59 Å². The molecule has 1 amide bonds. The van der Waals surface area contributed by atoms with E-state index in [2.05, 4.69) is 19.4 Å². The van der Waals surface area contributed by atoms with Gasteiger partial charge in [-0.2, -0.15) is 0 Å². The number of anilines is 1. The zero-order valence-corrected chi connectivity index (χ0v) is 13.9. The minimum atomic E-state index is -0.230. The molecule has 0 aliphatic rings. The Morgan fingerprint density at radius 3 is 2.91 bits per heavy atom. The standard InChI is InChI=1S/C15H13N3O3S2/c1-21-13(19)5-3-9-2-4-10-12(8-9)22-15(17-10)18-14(20)11-6-7-16-23-11/h2,4,6-8H,3,5H2,1H3,(H,17,18,20). The number of hydrogen-bond acceptors (Lipinski definition) is 7. The molecule has 6 nitrogen and oxygen atoms in total. The largest absolute Gasteiger partial charge is 0.469 e. The van der Waals surface area contributed by atoms with E-state index in [1.807, 2.05) is 18.2 Å². The number of rotatable bonds is 5. The van der Waals surface area contributed by atoms with Crippen molar-refractivity contribution in [3.05, 3.63) is 40.9 Å². The van der Waals surface area contributed by atoms with Crippen LogP contribution in [-0.2, 0) is 16.0 Å². The van der Waals surface area contributed by atoms with Gasteiger partial charge in [0.1, 0.15) is 4.88 Å².